The van der Waals surface area contributed by atoms with E-state index in [1.54, 1.807) is 7.11 Å². The maximum atomic E-state index is 5.16. The first kappa shape index (κ1) is 12.4. The molecule has 0 N–H and O–H groups in total. The Morgan fingerprint density at radius 2 is 1.72 bits per heavy atom. The lowest BCUT2D eigenvalue weighted by Crippen LogP contribution is -1.99. The molecule has 2 aromatic carbocycles. The van der Waals surface area contributed by atoms with Crippen LogP contribution >= 0.6 is 0 Å². The molecule has 2 rings (SSSR count). The molecule has 92 valence electrons. The Bertz CT molecular complexity index is 485. The average molecular weight is 238 g/mol. The molecule has 0 radical (unpaired) electrons. The highest BCUT2D eigenvalue weighted by molar-refractivity contribution is 5.31. The van der Waals surface area contributed by atoms with E-state index >= 15 is 0 Å². The minimum Gasteiger partial charge on any atom is -0.497 e. The smallest absolute Gasteiger partial charge is 0.118 e. The zero-order valence-electron chi connectivity index (χ0n) is 10.7. The van der Waals surface area contributed by atoms with Gasteiger partial charge in [0.1, 0.15) is 5.75 Å². The summed E-state index contributed by atoms with van der Waals surface area (Å²) in [5.41, 5.74) is 2.60. The molecular formula is C17H18O. The van der Waals surface area contributed by atoms with Crippen LogP contribution in [-0.4, -0.2) is 7.11 Å². The van der Waals surface area contributed by atoms with Crippen LogP contribution in [0.2, 0.25) is 0 Å². The second kappa shape index (κ2) is 6.06. The lowest BCUT2D eigenvalue weighted by molar-refractivity contribution is 0.414. The summed E-state index contributed by atoms with van der Waals surface area (Å²) in [6.07, 6.45) is 2.98. The normalized spacial score (nSPS) is 11.8. The molecule has 2 aromatic rings. The number of allylic oxidation sites excluding steroid dienone is 1. The van der Waals surface area contributed by atoms with Gasteiger partial charge in [-0.1, -0.05) is 48.5 Å². The van der Waals surface area contributed by atoms with E-state index in [-0.39, 0.29) is 0 Å². The lowest BCUT2D eigenvalue weighted by Gasteiger charge is -2.13. The van der Waals surface area contributed by atoms with Crippen LogP contribution in [0.25, 0.3) is 0 Å². The highest BCUT2D eigenvalue weighted by atomic mass is 16.5. The fourth-order valence-electron chi connectivity index (χ4n) is 2.05. The van der Waals surface area contributed by atoms with Crippen LogP contribution in [0, 0.1) is 0 Å². The molecule has 0 unspecified atom stereocenters. The molecule has 0 bridgehead atoms. The summed E-state index contributed by atoms with van der Waals surface area (Å²) in [6, 6.07) is 18.7. The van der Waals surface area contributed by atoms with Crippen LogP contribution in [0.3, 0.4) is 0 Å². The van der Waals surface area contributed by atoms with Crippen LogP contribution in [0.1, 0.15) is 17.0 Å². The van der Waals surface area contributed by atoms with Gasteiger partial charge in [0.25, 0.3) is 0 Å². The summed E-state index contributed by atoms with van der Waals surface area (Å²) >= 11 is 0. The summed E-state index contributed by atoms with van der Waals surface area (Å²) < 4.78 is 5.16. The minimum atomic E-state index is 0.361. The maximum absolute atomic E-state index is 5.16. The molecule has 0 aromatic heterocycles. The number of hydrogen-bond donors (Lipinski definition) is 0. The van der Waals surface area contributed by atoms with Crippen molar-refractivity contribution in [3.63, 3.8) is 0 Å². The highest BCUT2D eigenvalue weighted by Gasteiger charge is 2.07. The number of benzene rings is 2. The first-order valence-electron chi connectivity index (χ1n) is 6.14. The van der Waals surface area contributed by atoms with Gasteiger partial charge in [-0.2, -0.15) is 0 Å². The third-order valence-electron chi connectivity index (χ3n) is 3.13. The van der Waals surface area contributed by atoms with E-state index in [1.165, 1.54) is 11.1 Å². The molecule has 1 atom stereocenters. The van der Waals surface area contributed by atoms with Gasteiger partial charge in [0.15, 0.2) is 0 Å². The topological polar surface area (TPSA) is 9.23 Å². The molecular weight excluding hydrogens is 220 g/mol. The van der Waals surface area contributed by atoms with Crippen LogP contribution in [-0.2, 0) is 6.42 Å². The second-order valence-electron chi connectivity index (χ2n) is 4.31. The number of ether oxygens (including phenoxy) is 1. The molecule has 0 spiro atoms. The Morgan fingerprint density at radius 3 is 2.28 bits per heavy atom. The van der Waals surface area contributed by atoms with Crippen molar-refractivity contribution in [1.29, 1.82) is 0 Å². The fourth-order valence-corrected chi connectivity index (χ4v) is 2.05. The third-order valence-corrected chi connectivity index (χ3v) is 3.13. The second-order valence-corrected chi connectivity index (χ2v) is 4.31. The van der Waals surface area contributed by atoms with Crippen molar-refractivity contribution in [3.8, 4) is 5.75 Å². The van der Waals surface area contributed by atoms with Crippen LogP contribution in [0.4, 0.5) is 0 Å². The molecule has 0 saturated heterocycles. The first-order chi connectivity index (χ1) is 8.83. The summed E-state index contributed by atoms with van der Waals surface area (Å²) in [5, 5.41) is 0. The Kier molecular flexibility index (Phi) is 4.19. The SMILES string of the molecule is C=C[C@@H](Cc1ccc(OC)cc1)c1ccccc1. The van der Waals surface area contributed by atoms with Crippen molar-refractivity contribution >= 4 is 0 Å². The van der Waals surface area contributed by atoms with E-state index in [0.717, 1.165) is 12.2 Å². The van der Waals surface area contributed by atoms with Gasteiger partial charge in [-0.05, 0) is 29.7 Å². The molecule has 0 aliphatic heterocycles. The Labute approximate surface area is 109 Å². The van der Waals surface area contributed by atoms with Crippen molar-refractivity contribution in [2.45, 2.75) is 12.3 Å². The van der Waals surface area contributed by atoms with Gasteiger partial charge < -0.3 is 4.74 Å². The zero-order chi connectivity index (χ0) is 12.8. The average Bonchev–Trinajstić information content (AvgIpc) is 2.46. The monoisotopic (exact) mass is 238 g/mol. The van der Waals surface area contributed by atoms with E-state index in [2.05, 4.69) is 43.0 Å². The van der Waals surface area contributed by atoms with Gasteiger partial charge in [0.05, 0.1) is 7.11 Å². The van der Waals surface area contributed by atoms with Gasteiger partial charge in [-0.15, -0.1) is 6.58 Å². The Hall–Kier alpha value is -2.02. The van der Waals surface area contributed by atoms with E-state index in [1.807, 2.05) is 24.3 Å². The molecule has 0 fully saturated rings. The van der Waals surface area contributed by atoms with Crippen LogP contribution in [0.5, 0.6) is 5.75 Å². The maximum Gasteiger partial charge on any atom is 0.118 e. The van der Waals surface area contributed by atoms with Gasteiger partial charge >= 0.3 is 0 Å². The Morgan fingerprint density at radius 1 is 1.06 bits per heavy atom. The minimum absolute atomic E-state index is 0.361. The molecule has 1 nitrogen and oxygen atoms in total. The fraction of sp³-hybridized carbons (Fsp3) is 0.176. The van der Waals surface area contributed by atoms with E-state index in [4.69, 9.17) is 4.74 Å². The van der Waals surface area contributed by atoms with E-state index in [9.17, 15) is 0 Å². The van der Waals surface area contributed by atoms with Gasteiger partial charge in [-0.25, -0.2) is 0 Å². The van der Waals surface area contributed by atoms with Gasteiger partial charge in [0.2, 0.25) is 0 Å². The molecule has 0 aliphatic rings. The van der Waals surface area contributed by atoms with E-state index in [0.29, 0.717) is 5.92 Å². The predicted octanol–water partition coefficient (Wildman–Crippen LogP) is 4.21. The molecule has 18 heavy (non-hydrogen) atoms. The summed E-state index contributed by atoms with van der Waals surface area (Å²) in [6.45, 7) is 3.94. The van der Waals surface area contributed by atoms with E-state index < -0.39 is 0 Å². The number of hydrogen-bond acceptors (Lipinski definition) is 1. The third kappa shape index (κ3) is 3.01. The van der Waals surface area contributed by atoms with Crippen molar-refractivity contribution < 1.29 is 4.74 Å². The van der Waals surface area contributed by atoms with Crippen molar-refractivity contribution in [2.75, 3.05) is 7.11 Å². The number of rotatable bonds is 5. The van der Waals surface area contributed by atoms with Crippen LogP contribution in [0.15, 0.2) is 67.3 Å². The Balaban J connectivity index is 2.13. The summed E-state index contributed by atoms with van der Waals surface area (Å²) in [4.78, 5) is 0. The quantitative estimate of drug-likeness (QED) is 0.709. The standard InChI is InChI=1S/C17H18O/c1-3-15(16-7-5-4-6-8-16)13-14-9-11-17(18-2)12-10-14/h3-12,15H,1,13H2,2H3/t15-/m0/s1. The lowest BCUT2D eigenvalue weighted by atomic mass is 9.92. The van der Waals surface area contributed by atoms with Crippen LogP contribution < -0.4 is 4.74 Å². The summed E-state index contributed by atoms with van der Waals surface area (Å²) in [7, 11) is 1.69. The zero-order valence-corrected chi connectivity index (χ0v) is 10.7. The largest absolute Gasteiger partial charge is 0.497 e. The molecule has 0 aliphatic carbocycles. The van der Waals surface area contributed by atoms with Crippen molar-refractivity contribution in [3.05, 3.63) is 78.4 Å². The molecule has 0 amide bonds. The summed E-state index contributed by atoms with van der Waals surface area (Å²) in [5.74, 6) is 1.26. The van der Waals surface area contributed by atoms with Gasteiger partial charge in [0, 0.05) is 5.92 Å². The molecule has 0 saturated carbocycles. The van der Waals surface area contributed by atoms with Gasteiger partial charge in [-0.3, -0.25) is 0 Å². The predicted molar refractivity (Wildman–Crippen MR) is 76.1 cm³/mol. The molecule has 0 heterocycles. The first-order valence-corrected chi connectivity index (χ1v) is 6.14. The molecule has 1 heteroatoms. The highest BCUT2D eigenvalue weighted by Crippen LogP contribution is 2.23. The number of methoxy groups -OCH3 is 1. The van der Waals surface area contributed by atoms with Crippen molar-refractivity contribution in [2.24, 2.45) is 0 Å². The van der Waals surface area contributed by atoms with Crippen molar-refractivity contribution in [1.82, 2.24) is 0 Å².